The van der Waals surface area contributed by atoms with Crippen molar-refractivity contribution < 1.29 is 9.90 Å². The molecule has 3 aromatic rings. The van der Waals surface area contributed by atoms with Gasteiger partial charge in [0.05, 0.1) is 11.8 Å². The Kier molecular flexibility index (Phi) is 3.85. The number of aromatic carboxylic acids is 1. The van der Waals surface area contributed by atoms with Crippen LogP contribution in [0, 0.1) is 0 Å². The minimum atomic E-state index is -1.01. The lowest BCUT2D eigenvalue weighted by molar-refractivity contribution is 0.0695. The Labute approximate surface area is 145 Å². The van der Waals surface area contributed by atoms with Crippen molar-refractivity contribution in [1.29, 1.82) is 0 Å². The number of rotatable bonds is 3. The van der Waals surface area contributed by atoms with Crippen molar-refractivity contribution in [1.82, 2.24) is 19.5 Å². The van der Waals surface area contributed by atoms with Gasteiger partial charge >= 0.3 is 5.97 Å². The van der Waals surface area contributed by atoms with Gasteiger partial charge in [-0.05, 0) is 24.7 Å². The number of carboxylic acids is 1. The van der Waals surface area contributed by atoms with Crippen LogP contribution in [0.5, 0.6) is 0 Å². The molecule has 0 unspecified atom stereocenters. The molecule has 128 valence electrons. The number of piperazine rings is 1. The quantitative estimate of drug-likeness (QED) is 0.786. The summed E-state index contributed by atoms with van der Waals surface area (Å²) in [5, 5.41) is 13.3. The highest BCUT2D eigenvalue weighted by molar-refractivity contribution is 5.88. The summed E-state index contributed by atoms with van der Waals surface area (Å²) in [6.07, 6.45) is 4.59. The van der Waals surface area contributed by atoms with Crippen molar-refractivity contribution in [3.8, 4) is 11.1 Å². The lowest BCUT2D eigenvalue weighted by Gasteiger charge is -2.34. The molecule has 1 fully saturated rings. The predicted octanol–water partition coefficient (Wildman–Crippen LogP) is 1.85. The Bertz CT molecular complexity index is 928. The predicted molar refractivity (Wildman–Crippen MR) is 95.1 cm³/mol. The maximum atomic E-state index is 11.1. The largest absolute Gasteiger partial charge is 0.478 e. The molecular formula is C18H19N5O2. The van der Waals surface area contributed by atoms with Gasteiger partial charge in [-0.25, -0.2) is 14.3 Å². The first-order valence-corrected chi connectivity index (χ1v) is 8.22. The average molecular weight is 337 g/mol. The first-order chi connectivity index (χ1) is 12.1. The molecule has 0 amide bonds. The molecule has 2 aromatic heterocycles. The molecule has 0 atom stereocenters. The third-order valence-corrected chi connectivity index (χ3v) is 4.63. The Balaban J connectivity index is 1.69. The highest BCUT2D eigenvalue weighted by Gasteiger charge is 2.16. The molecule has 7 heteroatoms. The fraction of sp³-hybridized carbons (Fsp3) is 0.278. The zero-order valence-electron chi connectivity index (χ0n) is 14.0. The fourth-order valence-corrected chi connectivity index (χ4v) is 3.12. The number of benzene rings is 1. The first-order valence-electron chi connectivity index (χ1n) is 8.22. The number of fused-ring (bicyclic) bond motifs is 1. The van der Waals surface area contributed by atoms with Crippen LogP contribution in [-0.2, 0) is 0 Å². The summed E-state index contributed by atoms with van der Waals surface area (Å²) >= 11 is 0. The van der Waals surface area contributed by atoms with E-state index in [1.54, 1.807) is 6.20 Å². The smallest absolute Gasteiger partial charge is 0.338 e. The maximum Gasteiger partial charge on any atom is 0.338 e. The van der Waals surface area contributed by atoms with E-state index in [1.807, 2.05) is 12.1 Å². The zero-order chi connectivity index (χ0) is 17.4. The van der Waals surface area contributed by atoms with Crippen LogP contribution >= 0.6 is 0 Å². The summed E-state index contributed by atoms with van der Waals surface area (Å²) in [5.41, 5.74) is 3.89. The Morgan fingerprint density at radius 3 is 2.72 bits per heavy atom. The number of anilines is 1. The third-order valence-electron chi connectivity index (χ3n) is 4.63. The van der Waals surface area contributed by atoms with E-state index in [-0.39, 0.29) is 5.56 Å². The molecule has 1 N–H and O–H groups in total. The van der Waals surface area contributed by atoms with Crippen LogP contribution in [-0.4, -0.2) is 63.8 Å². The summed E-state index contributed by atoms with van der Waals surface area (Å²) in [7, 11) is 2.14. The summed E-state index contributed by atoms with van der Waals surface area (Å²) in [6, 6.07) is 8.34. The average Bonchev–Trinajstić information content (AvgIpc) is 3.05. The number of carboxylic acid groups (broad SMARTS) is 1. The normalized spacial score (nSPS) is 15.6. The van der Waals surface area contributed by atoms with E-state index in [4.69, 9.17) is 5.11 Å². The van der Waals surface area contributed by atoms with Gasteiger partial charge in [0, 0.05) is 49.8 Å². The van der Waals surface area contributed by atoms with Crippen LogP contribution < -0.4 is 4.90 Å². The molecule has 1 aliphatic heterocycles. The van der Waals surface area contributed by atoms with Crippen molar-refractivity contribution in [2.24, 2.45) is 0 Å². The molecule has 0 bridgehead atoms. The molecule has 0 radical (unpaired) electrons. The Hall–Kier alpha value is -2.93. The second-order valence-electron chi connectivity index (χ2n) is 6.31. The molecule has 1 saturated heterocycles. The minimum absolute atomic E-state index is 0.119. The molecule has 0 aliphatic carbocycles. The van der Waals surface area contributed by atoms with Crippen molar-refractivity contribution in [2.45, 2.75) is 0 Å². The van der Waals surface area contributed by atoms with Crippen LogP contribution in [0.2, 0.25) is 0 Å². The lowest BCUT2D eigenvalue weighted by atomic mass is 10.1. The number of carbonyl (C=O) groups is 1. The SMILES string of the molecule is CN1CCN(c2cccc(-c3cnn4cc(C(=O)O)cnc34)c2)CC1. The van der Waals surface area contributed by atoms with Gasteiger partial charge in [0.25, 0.3) is 0 Å². The molecule has 0 saturated carbocycles. The summed E-state index contributed by atoms with van der Waals surface area (Å²) < 4.78 is 1.52. The van der Waals surface area contributed by atoms with Crippen molar-refractivity contribution >= 4 is 17.3 Å². The number of aromatic nitrogens is 3. The molecule has 4 rings (SSSR count). The van der Waals surface area contributed by atoms with Crippen LogP contribution in [0.4, 0.5) is 5.69 Å². The van der Waals surface area contributed by atoms with Gasteiger partial charge in [-0.3, -0.25) is 0 Å². The molecule has 3 heterocycles. The van der Waals surface area contributed by atoms with E-state index < -0.39 is 5.97 Å². The van der Waals surface area contributed by atoms with E-state index in [9.17, 15) is 4.79 Å². The monoisotopic (exact) mass is 337 g/mol. The number of hydrogen-bond donors (Lipinski definition) is 1. The minimum Gasteiger partial charge on any atom is -0.478 e. The summed E-state index contributed by atoms with van der Waals surface area (Å²) in [5.74, 6) is -1.01. The molecule has 25 heavy (non-hydrogen) atoms. The van der Waals surface area contributed by atoms with Crippen LogP contribution in [0.15, 0.2) is 42.9 Å². The number of hydrogen-bond acceptors (Lipinski definition) is 5. The Morgan fingerprint density at radius 1 is 1.16 bits per heavy atom. The standard InChI is InChI=1S/C18H19N5O2/c1-21-5-7-22(8-6-21)15-4-2-3-13(9-15)16-11-20-23-12-14(18(24)25)10-19-17(16)23/h2-4,9-12H,5-8H2,1H3,(H,24,25). The highest BCUT2D eigenvalue weighted by Crippen LogP contribution is 2.27. The van der Waals surface area contributed by atoms with Gasteiger partial charge in [-0.15, -0.1) is 0 Å². The van der Waals surface area contributed by atoms with Crippen LogP contribution in [0.1, 0.15) is 10.4 Å². The maximum absolute atomic E-state index is 11.1. The molecule has 7 nitrogen and oxygen atoms in total. The topological polar surface area (TPSA) is 74.0 Å². The van der Waals surface area contributed by atoms with Crippen LogP contribution in [0.3, 0.4) is 0 Å². The zero-order valence-corrected chi connectivity index (χ0v) is 14.0. The van der Waals surface area contributed by atoms with E-state index in [1.165, 1.54) is 22.6 Å². The summed E-state index contributed by atoms with van der Waals surface area (Å²) in [6.45, 7) is 4.13. The Morgan fingerprint density at radius 2 is 1.96 bits per heavy atom. The third kappa shape index (κ3) is 2.94. The van der Waals surface area contributed by atoms with E-state index in [0.29, 0.717) is 5.65 Å². The lowest BCUT2D eigenvalue weighted by Crippen LogP contribution is -2.44. The number of likely N-dealkylation sites (N-methyl/N-ethyl adjacent to an activating group) is 1. The number of nitrogens with zero attached hydrogens (tertiary/aromatic N) is 5. The molecule has 0 spiro atoms. The summed E-state index contributed by atoms with van der Waals surface area (Å²) in [4.78, 5) is 20.1. The van der Waals surface area contributed by atoms with Gasteiger partial charge < -0.3 is 14.9 Å². The van der Waals surface area contributed by atoms with E-state index in [0.717, 1.165) is 37.3 Å². The van der Waals surface area contributed by atoms with Crippen molar-refractivity contribution in [2.75, 3.05) is 38.1 Å². The molecule has 1 aromatic carbocycles. The van der Waals surface area contributed by atoms with Gasteiger partial charge in [-0.2, -0.15) is 5.10 Å². The second-order valence-corrected chi connectivity index (χ2v) is 6.31. The first kappa shape index (κ1) is 15.6. The molecular weight excluding hydrogens is 318 g/mol. The van der Waals surface area contributed by atoms with Crippen molar-refractivity contribution in [3.63, 3.8) is 0 Å². The highest BCUT2D eigenvalue weighted by atomic mass is 16.4. The van der Waals surface area contributed by atoms with Gasteiger partial charge in [-0.1, -0.05) is 12.1 Å². The van der Waals surface area contributed by atoms with Gasteiger partial charge in [0.2, 0.25) is 0 Å². The second kappa shape index (κ2) is 6.18. The van der Waals surface area contributed by atoms with Gasteiger partial charge in [0.1, 0.15) is 0 Å². The fourth-order valence-electron chi connectivity index (χ4n) is 3.12. The van der Waals surface area contributed by atoms with E-state index >= 15 is 0 Å². The van der Waals surface area contributed by atoms with E-state index in [2.05, 4.69) is 39.1 Å². The van der Waals surface area contributed by atoms with Gasteiger partial charge in [0.15, 0.2) is 5.65 Å². The molecule has 1 aliphatic rings. The van der Waals surface area contributed by atoms with Crippen molar-refractivity contribution in [3.05, 3.63) is 48.4 Å². The van der Waals surface area contributed by atoms with Crippen LogP contribution in [0.25, 0.3) is 16.8 Å².